The minimum atomic E-state index is -4.17. The van der Waals surface area contributed by atoms with E-state index in [0.29, 0.717) is 25.3 Å². The summed E-state index contributed by atoms with van der Waals surface area (Å²) < 4.78 is 61.6. The SMILES string of the molecule is O=C(COc1ccc(Cl)c(F)c1)N[C@H]1CC[C@H](c2nnc(N3CC(CC(F)(F)F)C3)o2)NC1. The van der Waals surface area contributed by atoms with E-state index in [0.717, 1.165) is 6.07 Å². The van der Waals surface area contributed by atoms with Gasteiger partial charge in [-0.1, -0.05) is 16.7 Å². The number of carbonyl (C=O) groups is 1. The van der Waals surface area contributed by atoms with Gasteiger partial charge in [0, 0.05) is 44.1 Å². The van der Waals surface area contributed by atoms with E-state index in [2.05, 4.69) is 20.8 Å². The topological polar surface area (TPSA) is 92.5 Å². The van der Waals surface area contributed by atoms with Gasteiger partial charge in [0.2, 0.25) is 5.89 Å². The molecule has 1 amide bonds. The molecule has 13 heteroatoms. The molecule has 2 aliphatic heterocycles. The van der Waals surface area contributed by atoms with Crippen LogP contribution in [0.2, 0.25) is 5.02 Å². The highest BCUT2D eigenvalue weighted by Crippen LogP contribution is 2.33. The number of anilines is 1. The molecule has 180 valence electrons. The van der Waals surface area contributed by atoms with Gasteiger partial charge in [0.05, 0.1) is 11.1 Å². The maximum Gasteiger partial charge on any atom is 0.389 e. The highest BCUT2D eigenvalue weighted by atomic mass is 35.5. The highest BCUT2D eigenvalue weighted by molar-refractivity contribution is 6.30. The molecule has 2 saturated heterocycles. The molecule has 3 heterocycles. The molecule has 0 saturated carbocycles. The van der Waals surface area contributed by atoms with Gasteiger partial charge in [-0.2, -0.15) is 13.2 Å². The average molecular weight is 492 g/mol. The minimum Gasteiger partial charge on any atom is -0.484 e. The minimum absolute atomic E-state index is 0.0291. The zero-order valence-electron chi connectivity index (χ0n) is 17.4. The summed E-state index contributed by atoms with van der Waals surface area (Å²) in [5.74, 6) is -0.867. The molecule has 33 heavy (non-hydrogen) atoms. The van der Waals surface area contributed by atoms with Gasteiger partial charge < -0.3 is 24.7 Å². The molecule has 1 aromatic carbocycles. The third-order valence-corrected chi connectivity index (χ3v) is 5.82. The number of hydrogen-bond donors (Lipinski definition) is 2. The van der Waals surface area contributed by atoms with Crippen LogP contribution < -0.4 is 20.3 Å². The molecule has 0 unspecified atom stereocenters. The van der Waals surface area contributed by atoms with Crippen LogP contribution in [0.25, 0.3) is 0 Å². The number of halogens is 5. The summed E-state index contributed by atoms with van der Waals surface area (Å²) in [6, 6.07) is 3.80. The van der Waals surface area contributed by atoms with Crippen LogP contribution in [0.1, 0.15) is 31.2 Å². The number of carbonyl (C=O) groups excluding carboxylic acids is 1. The van der Waals surface area contributed by atoms with E-state index in [1.54, 1.807) is 4.90 Å². The first-order valence-electron chi connectivity index (χ1n) is 10.4. The highest BCUT2D eigenvalue weighted by Gasteiger charge is 2.39. The van der Waals surface area contributed by atoms with Gasteiger partial charge in [-0.3, -0.25) is 4.79 Å². The van der Waals surface area contributed by atoms with Crippen LogP contribution in [0.3, 0.4) is 0 Å². The van der Waals surface area contributed by atoms with Crippen LogP contribution in [-0.4, -0.2) is 54.6 Å². The van der Waals surface area contributed by atoms with Crippen LogP contribution >= 0.6 is 11.6 Å². The van der Waals surface area contributed by atoms with Gasteiger partial charge in [-0.15, -0.1) is 5.10 Å². The summed E-state index contributed by atoms with van der Waals surface area (Å²) in [6.07, 6.45) is -3.72. The van der Waals surface area contributed by atoms with Crippen molar-refractivity contribution in [1.82, 2.24) is 20.8 Å². The first-order chi connectivity index (χ1) is 15.7. The van der Waals surface area contributed by atoms with E-state index in [4.69, 9.17) is 20.8 Å². The molecule has 2 aromatic rings. The molecule has 2 aliphatic rings. The number of nitrogens with one attached hydrogen (secondary N) is 2. The lowest BCUT2D eigenvalue weighted by atomic mass is 9.97. The van der Waals surface area contributed by atoms with Gasteiger partial charge in [-0.25, -0.2) is 4.39 Å². The smallest absolute Gasteiger partial charge is 0.389 e. The van der Waals surface area contributed by atoms with Crippen molar-refractivity contribution in [2.45, 2.75) is 37.5 Å². The lowest BCUT2D eigenvalue weighted by molar-refractivity contribution is -0.146. The largest absolute Gasteiger partial charge is 0.484 e. The van der Waals surface area contributed by atoms with Crippen LogP contribution in [0, 0.1) is 11.7 Å². The van der Waals surface area contributed by atoms with Crippen molar-refractivity contribution >= 4 is 23.5 Å². The molecule has 2 N–H and O–H groups in total. The van der Waals surface area contributed by atoms with E-state index < -0.39 is 24.3 Å². The molecule has 0 spiro atoms. The van der Waals surface area contributed by atoms with Gasteiger partial charge in [0.1, 0.15) is 11.6 Å². The summed E-state index contributed by atoms with van der Waals surface area (Å²) >= 11 is 5.61. The summed E-state index contributed by atoms with van der Waals surface area (Å²) in [4.78, 5) is 13.7. The fraction of sp³-hybridized carbons (Fsp3) is 0.550. The Morgan fingerprint density at radius 1 is 1.30 bits per heavy atom. The summed E-state index contributed by atoms with van der Waals surface area (Å²) in [5.41, 5.74) is 0. The third kappa shape index (κ3) is 6.26. The van der Waals surface area contributed by atoms with E-state index in [1.807, 2.05) is 0 Å². The Labute approximate surface area is 191 Å². The fourth-order valence-electron chi connectivity index (χ4n) is 3.85. The number of piperidine rings is 1. The van der Waals surface area contributed by atoms with Crippen molar-refractivity contribution in [1.29, 1.82) is 0 Å². The van der Waals surface area contributed by atoms with E-state index in [1.165, 1.54) is 12.1 Å². The fourth-order valence-corrected chi connectivity index (χ4v) is 3.97. The Bertz CT molecular complexity index is 975. The Hall–Kier alpha value is -2.60. The first-order valence-corrected chi connectivity index (χ1v) is 10.8. The number of amides is 1. The van der Waals surface area contributed by atoms with E-state index in [9.17, 15) is 22.4 Å². The summed E-state index contributed by atoms with van der Waals surface area (Å²) in [5, 5.41) is 14.0. The molecule has 1 aromatic heterocycles. The maximum atomic E-state index is 13.4. The Morgan fingerprint density at radius 2 is 2.09 bits per heavy atom. The first kappa shape index (κ1) is 23.6. The van der Waals surface area contributed by atoms with Crippen molar-refractivity contribution in [2.24, 2.45) is 5.92 Å². The van der Waals surface area contributed by atoms with Gasteiger partial charge in [0.25, 0.3) is 5.91 Å². The van der Waals surface area contributed by atoms with Crippen molar-refractivity contribution in [3.05, 3.63) is 34.9 Å². The maximum absolute atomic E-state index is 13.4. The molecular weight excluding hydrogens is 470 g/mol. The number of alkyl halides is 3. The average Bonchev–Trinajstić information content (AvgIpc) is 3.21. The molecule has 0 aliphatic carbocycles. The molecular formula is C20H22ClF4N5O3. The number of hydrogen-bond acceptors (Lipinski definition) is 7. The molecule has 4 rings (SSSR count). The van der Waals surface area contributed by atoms with Crippen molar-refractivity contribution < 1.29 is 31.5 Å². The number of benzene rings is 1. The van der Waals surface area contributed by atoms with Crippen LogP contribution in [-0.2, 0) is 4.79 Å². The Morgan fingerprint density at radius 3 is 2.76 bits per heavy atom. The van der Waals surface area contributed by atoms with E-state index >= 15 is 0 Å². The standard InChI is InChI=1S/C20H22ClF4N5O3/c21-14-3-2-13(5-15(14)22)32-10-17(31)27-12-1-4-16(26-7-12)18-28-29-19(33-18)30-8-11(9-30)6-20(23,24)25/h2-3,5,11-12,16,26H,1,4,6-10H2,(H,27,31)/t12-,16+/m0/s1. The lowest BCUT2D eigenvalue weighted by Crippen LogP contribution is -2.48. The van der Waals surface area contributed by atoms with Crippen molar-refractivity contribution in [2.75, 3.05) is 31.1 Å². The van der Waals surface area contributed by atoms with Gasteiger partial charge in [0.15, 0.2) is 6.61 Å². The summed E-state index contributed by atoms with van der Waals surface area (Å²) in [7, 11) is 0. The molecule has 2 fully saturated rings. The second-order valence-corrected chi connectivity index (χ2v) is 8.59. The number of rotatable bonds is 7. The van der Waals surface area contributed by atoms with E-state index in [-0.39, 0.29) is 54.5 Å². The molecule has 8 nitrogen and oxygen atoms in total. The van der Waals surface area contributed by atoms with Crippen LogP contribution in [0.5, 0.6) is 5.75 Å². The lowest BCUT2D eigenvalue weighted by Gasteiger charge is -2.38. The summed E-state index contributed by atoms with van der Waals surface area (Å²) in [6.45, 7) is 0.663. The second-order valence-electron chi connectivity index (χ2n) is 8.18. The number of nitrogens with zero attached hydrogens (tertiary/aromatic N) is 3. The zero-order valence-corrected chi connectivity index (χ0v) is 18.1. The zero-order chi connectivity index (χ0) is 23.6. The third-order valence-electron chi connectivity index (χ3n) is 5.52. The monoisotopic (exact) mass is 491 g/mol. The Balaban J connectivity index is 1.18. The molecule has 0 bridgehead atoms. The molecule has 2 atom stereocenters. The number of aromatic nitrogens is 2. The molecule has 0 radical (unpaired) electrons. The van der Waals surface area contributed by atoms with Gasteiger partial charge >= 0.3 is 12.2 Å². The predicted molar refractivity (Wildman–Crippen MR) is 109 cm³/mol. The van der Waals surface area contributed by atoms with Crippen LogP contribution in [0.15, 0.2) is 22.6 Å². The Kier molecular flexibility index (Phi) is 6.94. The second kappa shape index (κ2) is 9.72. The van der Waals surface area contributed by atoms with Crippen molar-refractivity contribution in [3.8, 4) is 5.75 Å². The number of ether oxygens (including phenoxy) is 1. The van der Waals surface area contributed by atoms with Gasteiger partial charge in [-0.05, 0) is 25.0 Å². The quantitative estimate of drug-likeness (QED) is 0.574. The van der Waals surface area contributed by atoms with Crippen molar-refractivity contribution in [3.63, 3.8) is 0 Å². The predicted octanol–water partition coefficient (Wildman–Crippen LogP) is 3.24. The van der Waals surface area contributed by atoms with Crippen LogP contribution in [0.4, 0.5) is 23.6 Å². The normalized spacial score (nSPS) is 21.5.